The molecule has 0 aliphatic carbocycles. The fourth-order valence-electron chi connectivity index (χ4n) is 1.90. The molecule has 1 amide bonds. The lowest BCUT2D eigenvalue weighted by atomic mass is 9.87. The van der Waals surface area contributed by atoms with Gasteiger partial charge in [-0.2, -0.15) is 0 Å². The molecule has 0 radical (unpaired) electrons. The number of carbonyl (C=O) groups is 1. The van der Waals surface area contributed by atoms with Gasteiger partial charge in [0.2, 0.25) is 0 Å². The number of aromatic nitrogens is 1. The highest BCUT2D eigenvalue weighted by Crippen LogP contribution is 2.26. The predicted molar refractivity (Wildman–Crippen MR) is 66.6 cm³/mol. The summed E-state index contributed by atoms with van der Waals surface area (Å²) in [4.78, 5) is 16.0. The molecule has 0 saturated heterocycles. The van der Waals surface area contributed by atoms with Crippen LogP contribution in [0.4, 0.5) is 5.82 Å². The van der Waals surface area contributed by atoms with E-state index >= 15 is 0 Å². The summed E-state index contributed by atoms with van der Waals surface area (Å²) in [6.07, 6.45) is 3.50. The molecule has 0 fully saturated rings. The lowest BCUT2D eigenvalue weighted by molar-refractivity contribution is -0.403. The van der Waals surface area contributed by atoms with Crippen molar-refractivity contribution in [2.45, 2.75) is 45.1 Å². The van der Waals surface area contributed by atoms with Gasteiger partial charge in [0.05, 0.1) is 0 Å². The normalized spacial score (nSPS) is 20.5. The summed E-state index contributed by atoms with van der Waals surface area (Å²) in [5, 5.41) is 2.84. The first kappa shape index (κ1) is 12.0. The van der Waals surface area contributed by atoms with E-state index in [1.54, 1.807) is 0 Å². The van der Waals surface area contributed by atoms with Crippen molar-refractivity contribution >= 4 is 11.7 Å². The van der Waals surface area contributed by atoms with E-state index in [9.17, 15) is 4.79 Å². The topological polar surface area (TPSA) is 69.6 Å². The van der Waals surface area contributed by atoms with E-state index in [-0.39, 0.29) is 17.4 Å². The number of carbonyl (C=O) groups excluding carboxylic acids is 1. The molecule has 4 N–H and O–H groups in total. The minimum atomic E-state index is -0.178. The van der Waals surface area contributed by atoms with Gasteiger partial charge in [0.25, 0.3) is 5.91 Å². The maximum absolute atomic E-state index is 11.6. The quantitative estimate of drug-likeness (QED) is 0.699. The third kappa shape index (κ3) is 2.47. The van der Waals surface area contributed by atoms with Gasteiger partial charge in [0.1, 0.15) is 5.82 Å². The van der Waals surface area contributed by atoms with E-state index in [4.69, 9.17) is 0 Å². The van der Waals surface area contributed by atoms with Crippen LogP contribution in [0.15, 0.2) is 12.3 Å². The third-order valence-electron chi connectivity index (χ3n) is 3.21. The second-order valence-corrected chi connectivity index (χ2v) is 5.71. The number of amides is 1. The Bertz CT molecular complexity index is 448. The average Bonchev–Trinajstić information content (AvgIpc) is 2.38. The summed E-state index contributed by atoms with van der Waals surface area (Å²) in [6.45, 7) is 6.49. The molecule has 17 heavy (non-hydrogen) atoms. The molecule has 4 heteroatoms. The zero-order valence-electron chi connectivity index (χ0n) is 10.7. The Kier molecular flexibility index (Phi) is 2.91. The molecular weight excluding hydrogens is 214 g/mol. The van der Waals surface area contributed by atoms with Crippen LogP contribution < -0.4 is 11.1 Å². The lowest BCUT2D eigenvalue weighted by Gasteiger charge is -2.20. The molecule has 1 atom stereocenters. The van der Waals surface area contributed by atoms with Gasteiger partial charge in [-0.05, 0) is 23.0 Å². The van der Waals surface area contributed by atoms with Gasteiger partial charge >= 0.3 is 0 Å². The molecule has 0 aromatic carbocycles. The lowest BCUT2D eigenvalue weighted by Crippen LogP contribution is -2.66. The molecule has 0 spiro atoms. The zero-order chi connectivity index (χ0) is 12.6. The van der Waals surface area contributed by atoms with Crippen LogP contribution in [0, 0.1) is 0 Å². The van der Waals surface area contributed by atoms with Crippen LogP contribution in [-0.2, 0) is 16.6 Å². The van der Waals surface area contributed by atoms with Gasteiger partial charge in [0.15, 0.2) is 6.04 Å². The van der Waals surface area contributed by atoms with E-state index in [1.165, 1.54) is 5.56 Å². The van der Waals surface area contributed by atoms with Gasteiger partial charge in [-0.1, -0.05) is 26.8 Å². The van der Waals surface area contributed by atoms with Crippen molar-refractivity contribution in [3.05, 3.63) is 23.4 Å². The maximum atomic E-state index is 11.6. The maximum Gasteiger partial charge on any atom is 0.283 e. The van der Waals surface area contributed by atoms with Crippen LogP contribution in [0.25, 0.3) is 0 Å². The van der Waals surface area contributed by atoms with Crippen molar-refractivity contribution in [3.63, 3.8) is 0 Å². The molecule has 0 saturated carbocycles. The van der Waals surface area contributed by atoms with Crippen molar-refractivity contribution in [1.82, 2.24) is 4.98 Å². The molecular formula is C13H20N3O+. The van der Waals surface area contributed by atoms with E-state index < -0.39 is 0 Å². The third-order valence-corrected chi connectivity index (χ3v) is 3.21. The van der Waals surface area contributed by atoms with Crippen LogP contribution >= 0.6 is 0 Å². The summed E-state index contributed by atoms with van der Waals surface area (Å²) in [5.74, 6) is 0.675. The Morgan fingerprint density at radius 3 is 2.82 bits per heavy atom. The number of quaternary nitrogens is 1. The Morgan fingerprint density at radius 1 is 1.47 bits per heavy atom. The number of pyridine rings is 1. The first-order chi connectivity index (χ1) is 7.88. The van der Waals surface area contributed by atoms with Gasteiger partial charge in [-0.25, -0.2) is 4.98 Å². The Balaban J connectivity index is 2.38. The summed E-state index contributed by atoms with van der Waals surface area (Å²) in [7, 11) is 0. The van der Waals surface area contributed by atoms with E-state index in [0.29, 0.717) is 5.82 Å². The summed E-state index contributed by atoms with van der Waals surface area (Å²) < 4.78 is 0. The molecule has 1 aromatic rings. The first-order valence-corrected chi connectivity index (χ1v) is 6.01. The average molecular weight is 234 g/mol. The molecule has 1 aliphatic heterocycles. The highest BCUT2D eigenvalue weighted by Gasteiger charge is 2.25. The highest BCUT2D eigenvalue weighted by molar-refractivity contribution is 5.94. The number of hydrogen-bond donors (Lipinski definition) is 2. The monoisotopic (exact) mass is 234 g/mol. The van der Waals surface area contributed by atoms with Crippen LogP contribution in [0.2, 0.25) is 0 Å². The van der Waals surface area contributed by atoms with Crippen molar-refractivity contribution in [3.8, 4) is 0 Å². The van der Waals surface area contributed by atoms with E-state index in [1.807, 2.05) is 6.20 Å². The van der Waals surface area contributed by atoms with Gasteiger partial charge in [-0.3, -0.25) is 4.79 Å². The molecule has 2 heterocycles. The predicted octanol–water partition coefficient (Wildman–Crippen LogP) is 0.874. The number of hydrogen-bond acceptors (Lipinski definition) is 2. The van der Waals surface area contributed by atoms with Gasteiger partial charge < -0.3 is 11.1 Å². The molecule has 2 rings (SSSR count). The summed E-state index contributed by atoms with van der Waals surface area (Å²) >= 11 is 0. The Morgan fingerprint density at radius 2 is 2.18 bits per heavy atom. The van der Waals surface area contributed by atoms with Crippen molar-refractivity contribution in [1.29, 1.82) is 0 Å². The molecule has 1 aromatic heterocycles. The van der Waals surface area contributed by atoms with Crippen LogP contribution in [0.1, 0.15) is 38.3 Å². The standard InChI is InChI=1S/C13H19N3O/c1-13(2,3)9-6-8-4-5-10(14)12(17)16-11(8)15-7-9/h6-7,10H,4-5,14H2,1-3H3,(H,15,16,17)/p+1/t10-/m0/s1. The van der Waals surface area contributed by atoms with Gasteiger partial charge in [-0.15, -0.1) is 0 Å². The minimum Gasteiger partial charge on any atom is -0.347 e. The number of nitrogens with one attached hydrogen (secondary N) is 1. The van der Waals surface area contributed by atoms with E-state index in [2.05, 4.69) is 42.9 Å². The smallest absolute Gasteiger partial charge is 0.283 e. The van der Waals surface area contributed by atoms with Gasteiger partial charge in [0, 0.05) is 12.6 Å². The number of nitrogens with zero attached hydrogens (tertiary/aromatic N) is 1. The van der Waals surface area contributed by atoms with Crippen molar-refractivity contribution in [2.24, 2.45) is 0 Å². The summed E-state index contributed by atoms with van der Waals surface area (Å²) in [5.41, 5.74) is 6.26. The highest BCUT2D eigenvalue weighted by atomic mass is 16.2. The van der Waals surface area contributed by atoms with E-state index in [0.717, 1.165) is 18.4 Å². The van der Waals surface area contributed by atoms with Crippen LogP contribution in [-0.4, -0.2) is 16.9 Å². The fraction of sp³-hybridized carbons (Fsp3) is 0.538. The van der Waals surface area contributed by atoms with Crippen molar-refractivity contribution in [2.75, 3.05) is 5.32 Å². The zero-order valence-corrected chi connectivity index (χ0v) is 10.7. The Hall–Kier alpha value is -1.42. The number of aryl methyl sites for hydroxylation is 1. The molecule has 4 nitrogen and oxygen atoms in total. The first-order valence-electron chi connectivity index (χ1n) is 6.01. The summed E-state index contributed by atoms with van der Waals surface area (Å²) in [6, 6.07) is 1.97. The van der Waals surface area contributed by atoms with Crippen LogP contribution in [0.3, 0.4) is 0 Å². The number of fused-ring (bicyclic) bond motifs is 1. The van der Waals surface area contributed by atoms with Crippen molar-refractivity contribution < 1.29 is 10.5 Å². The minimum absolute atomic E-state index is 0.0280. The molecule has 92 valence electrons. The largest absolute Gasteiger partial charge is 0.347 e. The van der Waals surface area contributed by atoms with Crippen LogP contribution in [0.5, 0.6) is 0 Å². The second kappa shape index (κ2) is 4.11. The molecule has 0 bridgehead atoms. The Labute approximate surface area is 102 Å². The molecule has 1 aliphatic rings. The molecule has 0 unspecified atom stereocenters. The number of rotatable bonds is 0. The SMILES string of the molecule is CC(C)(C)c1cnc2c(c1)CC[C@H]([NH3+])C(=O)N2. The fourth-order valence-corrected chi connectivity index (χ4v) is 1.90. The number of anilines is 1. The second-order valence-electron chi connectivity index (χ2n) is 5.71.